The van der Waals surface area contributed by atoms with Gasteiger partial charge in [0.2, 0.25) is 7.44 Å². The van der Waals surface area contributed by atoms with Crippen LogP contribution in [0.1, 0.15) is 79.9 Å². The van der Waals surface area contributed by atoms with Crippen molar-refractivity contribution in [3.63, 3.8) is 0 Å². The number of carbonyl (C=O) groups excluding carboxylic acids is 2. The normalized spacial score (nSPS) is 14.1. The maximum absolute atomic E-state index is 13.5. The Morgan fingerprint density at radius 2 is 1.55 bits per heavy atom. The van der Waals surface area contributed by atoms with Crippen molar-refractivity contribution in [1.82, 2.24) is 15.2 Å². The average molecular weight is 576 g/mol. The molecule has 0 radical (unpaired) electrons. The SMILES string of the molecule is CCOC(=O)CNP(=O)(COc1cc(C)c(Cc2ccc(O)c(C3CCCCC3)n2)c(C)c1)NCC(=O)OCC. The number of carbonyl (C=O) groups is 2. The highest BCUT2D eigenvalue weighted by Gasteiger charge is 2.26. The first-order valence-electron chi connectivity index (χ1n) is 14.0. The number of aromatic hydroxyl groups is 1. The molecule has 0 saturated heterocycles. The summed E-state index contributed by atoms with van der Waals surface area (Å²) in [7, 11) is -3.52. The molecule has 1 aromatic heterocycles. The molecule has 1 heterocycles. The van der Waals surface area contributed by atoms with Crippen LogP contribution in [-0.4, -0.2) is 54.7 Å². The Hall–Kier alpha value is -2.94. The van der Waals surface area contributed by atoms with Gasteiger partial charge in [-0.15, -0.1) is 0 Å². The van der Waals surface area contributed by atoms with Crippen molar-refractivity contribution < 1.29 is 33.5 Å². The summed E-state index contributed by atoms with van der Waals surface area (Å²) in [5, 5.41) is 15.8. The molecule has 1 aliphatic carbocycles. The fourth-order valence-corrected chi connectivity index (χ4v) is 6.30. The van der Waals surface area contributed by atoms with Gasteiger partial charge in [-0.05, 0) is 81.5 Å². The summed E-state index contributed by atoms with van der Waals surface area (Å²) in [6.45, 7) is 7.12. The van der Waals surface area contributed by atoms with Gasteiger partial charge in [0, 0.05) is 18.0 Å². The van der Waals surface area contributed by atoms with Gasteiger partial charge in [-0.1, -0.05) is 19.3 Å². The first-order chi connectivity index (χ1) is 19.1. The van der Waals surface area contributed by atoms with Crippen LogP contribution in [0, 0.1) is 13.8 Å². The molecule has 0 amide bonds. The van der Waals surface area contributed by atoms with E-state index in [1.807, 2.05) is 32.0 Å². The summed E-state index contributed by atoms with van der Waals surface area (Å²) in [6, 6.07) is 7.35. The second-order valence-corrected chi connectivity index (χ2v) is 12.4. The van der Waals surface area contributed by atoms with Crippen molar-refractivity contribution in [3.05, 3.63) is 52.3 Å². The van der Waals surface area contributed by atoms with Gasteiger partial charge in [-0.25, -0.2) is 10.2 Å². The highest BCUT2D eigenvalue weighted by molar-refractivity contribution is 7.59. The number of nitrogens with one attached hydrogen (secondary N) is 2. The zero-order chi connectivity index (χ0) is 29.1. The Morgan fingerprint density at radius 3 is 2.10 bits per heavy atom. The Morgan fingerprint density at radius 1 is 0.975 bits per heavy atom. The van der Waals surface area contributed by atoms with Gasteiger partial charge in [0.25, 0.3) is 0 Å². The fourth-order valence-electron chi connectivity index (χ4n) is 4.90. The number of hydrogen-bond donors (Lipinski definition) is 3. The molecular formula is C29H42N3O7P. The summed E-state index contributed by atoms with van der Waals surface area (Å²) in [4.78, 5) is 28.5. The molecule has 0 aliphatic heterocycles. The molecule has 3 rings (SSSR count). The average Bonchev–Trinajstić information content (AvgIpc) is 2.93. The van der Waals surface area contributed by atoms with Crippen molar-refractivity contribution in [2.75, 3.05) is 32.7 Å². The van der Waals surface area contributed by atoms with E-state index in [9.17, 15) is 19.3 Å². The largest absolute Gasteiger partial charge is 0.506 e. The van der Waals surface area contributed by atoms with Crippen LogP contribution in [0.2, 0.25) is 0 Å². The number of nitrogens with zero attached hydrogens (tertiary/aromatic N) is 1. The van der Waals surface area contributed by atoms with Crippen molar-refractivity contribution >= 4 is 19.4 Å². The highest BCUT2D eigenvalue weighted by atomic mass is 31.2. The van der Waals surface area contributed by atoms with Crippen molar-refractivity contribution in [2.45, 2.75) is 72.1 Å². The van der Waals surface area contributed by atoms with Crippen molar-refractivity contribution in [2.24, 2.45) is 0 Å². The monoisotopic (exact) mass is 575 g/mol. The van der Waals surface area contributed by atoms with Crippen molar-refractivity contribution in [1.29, 1.82) is 0 Å². The lowest BCUT2D eigenvalue weighted by molar-refractivity contribution is -0.142. The second kappa shape index (κ2) is 15.2. The molecule has 0 atom stereocenters. The Kier molecular flexibility index (Phi) is 12.0. The van der Waals surface area contributed by atoms with Gasteiger partial charge in [0.05, 0.1) is 18.9 Å². The van der Waals surface area contributed by atoms with Crippen LogP contribution in [0.25, 0.3) is 0 Å². The van der Waals surface area contributed by atoms with Gasteiger partial charge >= 0.3 is 11.9 Å². The number of esters is 2. The maximum Gasteiger partial charge on any atom is 0.320 e. The molecule has 220 valence electrons. The number of rotatable bonds is 14. The van der Waals surface area contributed by atoms with E-state index in [0.717, 1.165) is 40.9 Å². The predicted octanol–water partition coefficient (Wildman–Crippen LogP) is 4.88. The topological polar surface area (TPSA) is 136 Å². The Bertz CT molecular complexity index is 1170. The molecular weight excluding hydrogens is 533 g/mol. The number of hydrogen-bond acceptors (Lipinski definition) is 8. The maximum atomic E-state index is 13.5. The van der Waals surface area contributed by atoms with E-state index >= 15 is 0 Å². The molecule has 11 heteroatoms. The van der Waals surface area contributed by atoms with Gasteiger partial charge in [0.1, 0.15) is 24.6 Å². The Labute approximate surface area is 236 Å². The summed E-state index contributed by atoms with van der Waals surface area (Å²) < 4.78 is 29.2. The summed E-state index contributed by atoms with van der Waals surface area (Å²) in [5.41, 5.74) is 4.77. The molecule has 3 N–H and O–H groups in total. The van der Waals surface area contributed by atoms with Gasteiger partial charge in [-0.2, -0.15) is 0 Å². The fraction of sp³-hybridized carbons (Fsp3) is 0.552. The third-order valence-electron chi connectivity index (χ3n) is 6.96. The van der Waals surface area contributed by atoms with E-state index in [2.05, 4.69) is 10.2 Å². The van der Waals surface area contributed by atoms with Gasteiger partial charge in [0.15, 0.2) is 6.35 Å². The summed E-state index contributed by atoms with van der Waals surface area (Å²) in [5.74, 6) is -0.0450. The van der Waals surface area contributed by atoms with E-state index in [-0.39, 0.29) is 38.4 Å². The van der Waals surface area contributed by atoms with E-state index in [4.69, 9.17) is 19.2 Å². The van der Waals surface area contributed by atoms with Crippen LogP contribution in [0.3, 0.4) is 0 Å². The minimum absolute atomic E-state index is 0.198. The smallest absolute Gasteiger partial charge is 0.320 e. The van der Waals surface area contributed by atoms with Gasteiger partial charge in [-0.3, -0.25) is 19.1 Å². The van der Waals surface area contributed by atoms with E-state index in [1.165, 1.54) is 19.3 Å². The van der Waals surface area contributed by atoms with Crippen LogP contribution in [0.15, 0.2) is 24.3 Å². The van der Waals surface area contributed by atoms with E-state index in [0.29, 0.717) is 18.1 Å². The quantitative estimate of drug-likeness (QED) is 0.211. The number of ether oxygens (including phenoxy) is 3. The molecule has 1 aromatic carbocycles. The lowest BCUT2D eigenvalue weighted by Crippen LogP contribution is -2.34. The molecule has 10 nitrogen and oxygen atoms in total. The zero-order valence-corrected chi connectivity index (χ0v) is 24.9. The summed E-state index contributed by atoms with van der Waals surface area (Å²) in [6.07, 6.45) is 6.00. The third kappa shape index (κ3) is 9.32. The molecule has 0 unspecified atom stereocenters. The molecule has 40 heavy (non-hydrogen) atoms. The van der Waals surface area contributed by atoms with Crippen molar-refractivity contribution in [3.8, 4) is 11.5 Å². The second-order valence-electron chi connectivity index (χ2n) is 10.0. The molecule has 1 saturated carbocycles. The minimum atomic E-state index is -3.52. The van der Waals surface area contributed by atoms with Crippen LogP contribution in [-0.2, 0) is 30.0 Å². The minimum Gasteiger partial charge on any atom is -0.506 e. The zero-order valence-electron chi connectivity index (χ0n) is 24.0. The van der Waals surface area contributed by atoms with Crippen LogP contribution in [0.5, 0.6) is 11.5 Å². The van der Waals surface area contributed by atoms with Gasteiger partial charge < -0.3 is 19.3 Å². The number of aromatic nitrogens is 1. The highest BCUT2D eigenvalue weighted by Crippen LogP contribution is 2.38. The molecule has 0 bridgehead atoms. The lowest BCUT2D eigenvalue weighted by Gasteiger charge is -2.22. The third-order valence-corrected chi connectivity index (χ3v) is 8.79. The number of aryl methyl sites for hydroxylation is 2. The summed E-state index contributed by atoms with van der Waals surface area (Å²) >= 11 is 0. The van der Waals surface area contributed by atoms with E-state index < -0.39 is 19.4 Å². The molecule has 0 spiro atoms. The van der Waals surface area contributed by atoms with Crippen LogP contribution >= 0.6 is 7.44 Å². The first kappa shape index (κ1) is 31.6. The molecule has 1 fully saturated rings. The lowest BCUT2D eigenvalue weighted by atomic mass is 9.86. The molecule has 2 aromatic rings. The number of benzene rings is 1. The first-order valence-corrected chi connectivity index (χ1v) is 15.9. The number of pyridine rings is 1. The van der Waals surface area contributed by atoms with Crippen LogP contribution in [0.4, 0.5) is 0 Å². The van der Waals surface area contributed by atoms with E-state index in [1.54, 1.807) is 19.9 Å². The Balaban J connectivity index is 1.71. The standard InChI is InChI=1S/C29H42N3O7P/c1-5-37-27(34)17-30-40(36,31-18-28(35)38-6-2)19-39-24-14-20(3)25(21(4)15-24)16-23-12-13-26(33)29(32-23)22-10-8-7-9-11-22/h12-15,22,33H,5-11,16-19H2,1-4H3,(H2,30,31,36). The predicted molar refractivity (Wildman–Crippen MR) is 153 cm³/mol. The van der Waals surface area contributed by atoms with Crippen LogP contribution < -0.4 is 14.9 Å². The molecule has 1 aliphatic rings.